The van der Waals surface area contributed by atoms with E-state index in [-0.39, 0.29) is 5.91 Å². The lowest BCUT2D eigenvalue weighted by Crippen LogP contribution is -2.49. The van der Waals surface area contributed by atoms with Gasteiger partial charge in [-0.15, -0.1) is 0 Å². The fourth-order valence-corrected chi connectivity index (χ4v) is 2.93. The second-order valence-corrected chi connectivity index (χ2v) is 5.74. The molecule has 1 amide bonds. The van der Waals surface area contributed by atoms with Gasteiger partial charge in [-0.3, -0.25) is 4.79 Å². The number of piperazine rings is 1. The lowest BCUT2D eigenvalue weighted by Gasteiger charge is -2.35. The molecule has 0 atom stereocenters. The molecule has 1 aliphatic heterocycles. The number of carbonyl (C=O) groups excluding carboxylic acids is 1. The Labute approximate surface area is 152 Å². The molecule has 2 heterocycles. The lowest BCUT2D eigenvalue weighted by atomic mass is 10.1. The minimum absolute atomic E-state index is 0.101. The summed E-state index contributed by atoms with van der Waals surface area (Å²) in [4.78, 5) is 25.4. The van der Waals surface area contributed by atoms with Crippen molar-refractivity contribution in [2.45, 2.75) is 0 Å². The Hall–Kier alpha value is -3.03. The van der Waals surface area contributed by atoms with Crippen molar-refractivity contribution in [1.82, 2.24) is 14.9 Å². The van der Waals surface area contributed by atoms with Crippen LogP contribution < -0.4 is 19.1 Å². The molecule has 0 saturated carbocycles. The second-order valence-electron chi connectivity index (χ2n) is 5.74. The summed E-state index contributed by atoms with van der Waals surface area (Å²) in [7, 11) is 4.61. The summed E-state index contributed by atoms with van der Waals surface area (Å²) in [6.45, 7) is 2.50. The molecule has 1 aromatic carbocycles. The summed E-state index contributed by atoms with van der Waals surface area (Å²) in [5.74, 6) is 2.06. The van der Waals surface area contributed by atoms with Gasteiger partial charge in [0.05, 0.1) is 26.9 Å². The van der Waals surface area contributed by atoms with Crippen LogP contribution in [0.2, 0.25) is 0 Å². The first kappa shape index (κ1) is 17.8. The van der Waals surface area contributed by atoms with E-state index in [1.54, 1.807) is 42.6 Å². The van der Waals surface area contributed by atoms with Crippen LogP contribution in [0.1, 0.15) is 10.4 Å². The number of aromatic nitrogens is 2. The van der Waals surface area contributed by atoms with E-state index in [0.717, 1.165) is 0 Å². The first-order valence-corrected chi connectivity index (χ1v) is 8.29. The molecule has 0 aliphatic carbocycles. The zero-order chi connectivity index (χ0) is 18.5. The second kappa shape index (κ2) is 7.90. The molecule has 26 heavy (non-hydrogen) atoms. The maximum atomic E-state index is 13.0. The predicted octanol–water partition coefficient (Wildman–Crippen LogP) is 1.46. The normalized spacial score (nSPS) is 14.1. The maximum absolute atomic E-state index is 13.0. The summed E-state index contributed by atoms with van der Waals surface area (Å²) >= 11 is 0. The smallest absolute Gasteiger partial charge is 0.257 e. The molecule has 1 saturated heterocycles. The molecule has 2 aromatic rings. The van der Waals surface area contributed by atoms with Crippen molar-refractivity contribution in [3.05, 3.63) is 36.2 Å². The highest BCUT2D eigenvalue weighted by Crippen LogP contribution is 2.35. The Morgan fingerprint density at radius 3 is 2.04 bits per heavy atom. The van der Waals surface area contributed by atoms with Gasteiger partial charge in [0.25, 0.3) is 5.91 Å². The van der Waals surface area contributed by atoms with E-state index in [0.29, 0.717) is 54.9 Å². The Balaban J connectivity index is 1.76. The molecule has 0 spiro atoms. The molecule has 0 unspecified atom stereocenters. The number of hydrogen-bond acceptors (Lipinski definition) is 7. The summed E-state index contributed by atoms with van der Waals surface area (Å²) in [6.07, 6.45) is 3.43. The molecule has 8 nitrogen and oxygen atoms in total. The Morgan fingerprint density at radius 2 is 1.46 bits per heavy atom. The number of rotatable bonds is 5. The van der Waals surface area contributed by atoms with Crippen molar-refractivity contribution in [3.63, 3.8) is 0 Å². The van der Waals surface area contributed by atoms with Crippen molar-refractivity contribution < 1.29 is 19.0 Å². The quantitative estimate of drug-likeness (QED) is 0.801. The van der Waals surface area contributed by atoms with Crippen molar-refractivity contribution in [2.75, 3.05) is 52.4 Å². The van der Waals surface area contributed by atoms with E-state index >= 15 is 0 Å². The molecular formula is C18H22N4O4. The van der Waals surface area contributed by atoms with Gasteiger partial charge in [-0.2, -0.15) is 0 Å². The number of methoxy groups -OCH3 is 3. The first-order valence-electron chi connectivity index (χ1n) is 8.29. The van der Waals surface area contributed by atoms with Crippen molar-refractivity contribution in [3.8, 4) is 17.2 Å². The van der Waals surface area contributed by atoms with Crippen LogP contribution in [0.25, 0.3) is 0 Å². The minimum atomic E-state index is -0.101. The van der Waals surface area contributed by atoms with Crippen molar-refractivity contribution in [2.24, 2.45) is 0 Å². The topological polar surface area (TPSA) is 77.0 Å². The van der Waals surface area contributed by atoms with Crippen LogP contribution in [0.4, 0.5) is 5.95 Å². The highest BCUT2D eigenvalue weighted by atomic mass is 16.5. The molecule has 8 heteroatoms. The van der Waals surface area contributed by atoms with Crippen LogP contribution in [0.5, 0.6) is 17.2 Å². The summed E-state index contributed by atoms with van der Waals surface area (Å²) in [6, 6.07) is 5.11. The lowest BCUT2D eigenvalue weighted by molar-refractivity contribution is 0.0742. The molecule has 1 fully saturated rings. The van der Waals surface area contributed by atoms with Gasteiger partial charge in [-0.1, -0.05) is 0 Å². The zero-order valence-electron chi connectivity index (χ0n) is 15.1. The third kappa shape index (κ3) is 3.49. The highest BCUT2D eigenvalue weighted by Gasteiger charge is 2.26. The summed E-state index contributed by atoms with van der Waals surface area (Å²) in [5.41, 5.74) is 0.453. The van der Waals surface area contributed by atoms with Crippen LogP contribution in [-0.2, 0) is 0 Å². The Kier molecular flexibility index (Phi) is 5.40. The third-order valence-electron chi connectivity index (χ3n) is 4.34. The van der Waals surface area contributed by atoms with Gasteiger partial charge in [0.1, 0.15) is 5.75 Å². The molecule has 1 aromatic heterocycles. The van der Waals surface area contributed by atoms with Gasteiger partial charge in [-0.25, -0.2) is 9.97 Å². The van der Waals surface area contributed by atoms with Crippen molar-refractivity contribution in [1.29, 1.82) is 0 Å². The molecular weight excluding hydrogens is 336 g/mol. The molecule has 0 radical (unpaired) electrons. The average Bonchev–Trinajstić information content (AvgIpc) is 2.72. The monoisotopic (exact) mass is 358 g/mol. The van der Waals surface area contributed by atoms with E-state index in [1.165, 1.54) is 14.2 Å². The minimum Gasteiger partial charge on any atom is -0.496 e. The van der Waals surface area contributed by atoms with E-state index in [4.69, 9.17) is 14.2 Å². The highest BCUT2D eigenvalue weighted by molar-refractivity contribution is 5.98. The number of anilines is 1. The fraction of sp³-hybridized carbons (Fsp3) is 0.389. The van der Waals surface area contributed by atoms with Gasteiger partial charge in [-0.05, 0) is 6.07 Å². The number of carbonyl (C=O) groups is 1. The predicted molar refractivity (Wildman–Crippen MR) is 96.2 cm³/mol. The largest absolute Gasteiger partial charge is 0.496 e. The average molecular weight is 358 g/mol. The number of hydrogen-bond donors (Lipinski definition) is 0. The number of amides is 1. The van der Waals surface area contributed by atoms with Crippen LogP contribution >= 0.6 is 0 Å². The molecule has 0 bridgehead atoms. The summed E-state index contributed by atoms with van der Waals surface area (Å²) < 4.78 is 16.0. The van der Waals surface area contributed by atoms with Crippen LogP contribution in [-0.4, -0.2) is 68.3 Å². The SMILES string of the molecule is COc1cc(OC)c(C(=O)N2CCN(c3ncccn3)CC2)cc1OC. The van der Waals surface area contributed by atoms with Gasteiger partial charge < -0.3 is 24.0 Å². The van der Waals surface area contributed by atoms with E-state index in [9.17, 15) is 4.79 Å². The van der Waals surface area contributed by atoms with Gasteiger partial charge in [0, 0.05) is 50.7 Å². The number of ether oxygens (including phenoxy) is 3. The van der Waals surface area contributed by atoms with Crippen LogP contribution in [0.3, 0.4) is 0 Å². The van der Waals surface area contributed by atoms with Gasteiger partial charge >= 0.3 is 0 Å². The zero-order valence-corrected chi connectivity index (χ0v) is 15.1. The molecule has 1 aliphatic rings. The van der Waals surface area contributed by atoms with Gasteiger partial charge in [0.15, 0.2) is 11.5 Å². The first-order chi connectivity index (χ1) is 12.7. The Bertz CT molecular complexity index is 761. The fourth-order valence-electron chi connectivity index (χ4n) is 2.93. The van der Waals surface area contributed by atoms with Crippen LogP contribution in [0.15, 0.2) is 30.6 Å². The number of nitrogens with zero attached hydrogens (tertiary/aromatic N) is 4. The Morgan fingerprint density at radius 1 is 0.885 bits per heavy atom. The van der Waals surface area contributed by atoms with Crippen molar-refractivity contribution >= 4 is 11.9 Å². The van der Waals surface area contributed by atoms with E-state index < -0.39 is 0 Å². The summed E-state index contributed by atoms with van der Waals surface area (Å²) in [5, 5.41) is 0. The van der Waals surface area contributed by atoms with E-state index in [1.807, 2.05) is 0 Å². The standard InChI is InChI=1S/C18H22N4O4/c1-24-14-12-16(26-3)15(25-2)11-13(14)17(23)21-7-9-22(10-8-21)18-19-5-4-6-20-18/h4-6,11-12H,7-10H2,1-3H3. The molecule has 138 valence electrons. The molecule has 0 N–H and O–H groups in total. The number of benzene rings is 1. The third-order valence-corrected chi connectivity index (χ3v) is 4.34. The van der Waals surface area contributed by atoms with E-state index in [2.05, 4.69) is 14.9 Å². The maximum Gasteiger partial charge on any atom is 0.257 e. The van der Waals surface area contributed by atoms with Crippen LogP contribution in [0, 0.1) is 0 Å². The van der Waals surface area contributed by atoms with Gasteiger partial charge in [0.2, 0.25) is 5.95 Å². The molecule has 3 rings (SSSR count).